The van der Waals surface area contributed by atoms with E-state index >= 15 is 0 Å². The van der Waals surface area contributed by atoms with E-state index < -0.39 is 0 Å². The summed E-state index contributed by atoms with van der Waals surface area (Å²) in [4.78, 5) is 20.8. The van der Waals surface area contributed by atoms with Gasteiger partial charge >= 0.3 is 0 Å². The van der Waals surface area contributed by atoms with Crippen LogP contribution in [0.5, 0.6) is 0 Å². The molecule has 2 aliphatic rings. The zero-order valence-corrected chi connectivity index (χ0v) is 16.9. The Morgan fingerprint density at radius 2 is 2.12 bits per heavy atom. The number of nitrogens with zero attached hydrogens (tertiary/aromatic N) is 3. The number of hydrogen-bond acceptors (Lipinski definition) is 4. The van der Waals surface area contributed by atoms with Crippen molar-refractivity contribution in [2.24, 2.45) is 0 Å². The first kappa shape index (κ1) is 19.5. The number of benzene rings is 1. The minimum absolute atomic E-state index is 0.112. The van der Waals surface area contributed by atoms with Gasteiger partial charge in [-0.1, -0.05) is 18.2 Å². The average Bonchev–Trinajstić information content (AvgIpc) is 2.80. The van der Waals surface area contributed by atoms with Gasteiger partial charge < -0.3 is 4.90 Å². The van der Waals surface area contributed by atoms with Crippen LogP contribution in [0.4, 0.5) is 0 Å². The Morgan fingerprint density at radius 3 is 2.88 bits per heavy atom. The third-order valence-electron chi connectivity index (χ3n) is 5.97. The van der Waals surface area contributed by atoms with E-state index in [1.54, 1.807) is 11.8 Å². The molecule has 1 spiro atoms. The quantitative estimate of drug-likeness (QED) is 0.585. The third-order valence-corrected chi connectivity index (χ3v) is 6.70. The summed E-state index contributed by atoms with van der Waals surface area (Å²) in [5.74, 6) is 0.278. The summed E-state index contributed by atoms with van der Waals surface area (Å²) < 4.78 is 0. The lowest BCUT2D eigenvalue weighted by atomic mass is 9.86. The highest BCUT2D eigenvalue weighted by Gasteiger charge is 2.41. The zero-order chi connectivity index (χ0) is 18.6. The molecule has 2 heterocycles. The maximum absolute atomic E-state index is 12.4. The van der Waals surface area contributed by atoms with Gasteiger partial charge in [0.1, 0.15) is 0 Å². The molecule has 2 saturated heterocycles. The molecular weight excluding hydrogens is 342 g/mol. The topological polar surface area (TPSA) is 26.8 Å². The Kier molecular flexibility index (Phi) is 6.43. The first-order chi connectivity index (χ1) is 12.6. The molecule has 0 bridgehead atoms. The fourth-order valence-electron chi connectivity index (χ4n) is 4.29. The average molecular weight is 374 g/mol. The van der Waals surface area contributed by atoms with Gasteiger partial charge in [-0.15, -0.1) is 18.3 Å². The third kappa shape index (κ3) is 4.33. The van der Waals surface area contributed by atoms with E-state index in [2.05, 4.69) is 53.9 Å². The van der Waals surface area contributed by atoms with Gasteiger partial charge in [0.15, 0.2) is 0 Å². The Morgan fingerprint density at radius 1 is 1.27 bits per heavy atom. The van der Waals surface area contributed by atoms with Crippen LogP contribution in [0.2, 0.25) is 0 Å². The molecule has 1 amide bonds. The van der Waals surface area contributed by atoms with Gasteiger partial charge in [0.25, 0.3) is 0 Å². The summed E-state index contributed by atoms with van der Waals surface area (Å²) >= 11 is 1.80. The number of likely N-dealkylation sites (N-methyl/N-ethyl adjacent to an activating group) is 1. The van der Waals surface area contributed by atoms with Crippen molar-refractivity contribution >= 4 is 17.7 Å². The van der Waals surface area contributed by atoms with Gasteiger partial charge in [-0.2, -0.15) is 0 Å². The molecule has 1 aromatic carbocycles. The summed E-state index contributed by atoms with van der Waals surface area (Å²) in [7, 11) is 2.24. The van der Waals surface area contributed by atoms with Crippen molar-refractivity contribution < 1.29 is 4.79 Å². The van der Waals surface area contributed by atoms with Crippen molar-refractivity contribution in [2.75, 3.05) is 46.0 Å². The molecule has 2 fully saturated rings. The summed E-state index contributed by atoms with van der Waals surface area (Å²) in [6, 6.07) is 8.86. The highest BCUT2D eigenvalue weighted by molar-refractivity contribution is 7.98. The van der Waals surface area contributed by atoms with Gasteiger partial charge in [-0.3, -0.25) is 14.6 Å². The Bertz CT molecular complexity index is 650. The minimum Gasteiger partial charge on any atom is -0.339 e. The molecular formula is C21H31N3OS. The van der Waals surface area contributed by atoms with Crippen molar-refractivity contribution in [3.05, 3.63) is 42.5 Å². The molecule has 0 aliphatic carbocycles. The predicted octanol–water partition coefficient (Wildman–Crippen LogP) is 3.09. The number of hydrogen-bond donors (Lipinski definition) is 0. The fraction of sp³-hybridized carbons (Fsp3) is 0.571. The van der Waals surface area contributed by atoms with Crippen LogP contribution in [0.1, 0.15) is 24.8 Å². The summed E-state index contributed by atoms with van der Waals surface area (Å²) in [6.45, 7) is 9.50. The molecule has 26 heavy (non-hydrogen) atoms. The SMILES string of the molecule is C=CCN1CC[C@]2(CCC1=O)CN(Cc1cccc(SC)c1)CCN2C. The maximum Gasteiger partial charge on any atom is 0.222 e. The van der Waals surface area contributed by atoms with E-state index in [1.165, 1.54) is 10.5 Å². The first-order valence-corrected chi connectivity index (χ1v) is 10.7. The van der Waals surface area contributed by atoms with Crippen LogP contribution in [-0.4, -0.2) is 72.2 Å². The van der Waals surface area contributed by atoms with Crippen molar-refractivity contribution in [3.63, 3.8) is 0 Å². The maximum atomic E-state index is 12.4. The lowest BCUT2D eigenvalue weighted by Gasteiger charge is -2.49. The second kappa shape index (κ2) is 8.59. The van der Waals surface area contributed by atoms with Crippen LogP contribution in [0, 0.1) is 0 Å². The lowest BCUT2D eigenvalue weighted by Crippen LogP contribution is -2.60. The first-order valence-electron chi connectivity index (χ1n) is 9.51. The van der Waals surface area contributed by atoms with Crippen molar-refractivity contribution in [3.8, 4) is 0 Å². The van der Waals surface area contributed by atoms with Crippen LogP contribution in [0.15, 0.2) is 41.8 Å². The summed E-state index contributed by atoms with van der Waals surface area (Å²) in [5.41, 5.74) is 1.50. The standard InChI is InChI=1S/C21H31N3OS/c1-4-11-24-12-10-21(9-8-20(24)25)17-23(14-13-22(21)2)16-18-6-5-7-19(15-18)26-3/h4-7,15H,1,8-14,16-17H2,2-3H3/t21-/m1/s1. The van der Waals surface area contributed by atoms with Crippen LogP contribution in [0.25, 0.3) is 0 Å². The highest BCUT2D eigenvalue weighted by Crippen LogP contribution is 2.32. The largest absolute Gasteiger partial charge is 0.339 e. The normalized spacial score (nSPS) is 25.5. The van der Waals surface area contributed by atoms with E-state index in [4.69, 9.17) is 0 Å². The number of thioether (sulfide) groups is 1. The van der Waals surface area contributed by atoms with Gasteiger partial charge in [-0.05, 0) is 43.8 Å². The van der Waals surface area contributed by atoms with Gasteiger partial charge in [0, 0.05) is 56.1 Å². The van der Waals surface area contributed by atoms with Crippen molar-refractivity contribution in [2.45, 2.75) is 36.2 Å². The number of rotatable bonds is 5. The van der Waals surface area contributed by atoms with Gasteiger partial charge in [-0.25, -0.2) is 0 Å². The van der Waals surface area contributed by atoms with Crippen molar-refractivity contribution in [1.82, 2.24) is 14.7 Å². The second-order valence-corrected chi connectivity index (χ2v) is 8.47. The molecule has 1 aromatic rings. The molecule has 2 aliphatic heterocycles. The highest BCUT2D eigenvalue weighted by atomic mass is 32.2. The minimum atomic E-state index is 0.112. The fourth-order valence-corrected chi connectivity index (χ4v) is 4.77. The molecule has 0 radical (unpaired) electrons. The summed E-state index contributed by atoms with van der Waals surface area (Å²) in [5, 5.41) is 0. The van der Waals surface area contributed by atoms with Crippen LogP contribution >= 0.6 is 11.8 Å². The molecule has 5 heteroatoms. The van der Waals surface area contributed by atoms with E-state index in [-0.39, 0.29) is 11.4 Å². The monoisotopic (exact) mass is 373 g/mol. The molecule has 0 unspecified atom stereocenters. The van der Waals surface area contributed by atoms with E-state index in [9.17, 15) is 4.79 Å². The van der Waals surface area contributed by atoms with Crippen LogP contribution in [-0.2, 0) is 11.3 Å². The zero-order valence-electron chi connectivity index (χ0n) is 16.1. The Hall–Kier alpha value is -1.30. The number of carbonyl (C=O) groups excluding carboxylic acids is 1. The van der Waals surface area contributed by atoms with E-state index in [0.29, 0.717) is 13.0 Å². The predicted molar refractivity (Wildman–Crippen MR) is 109 cm³/mol. The number of amides is 1. The molecule has 142 valence electrons. The molecule has 1 atom stereocenters. The van der Waals surface area contributed by atoms with Gasteiger partial charge in [0.05, 0.1) is 0 Å². The Balaban J connectivity index is 1.71. The van der Waals surface area contributed by atoms with Crippen LogP contribution < -0.4 is 0 Å². The smallest absolute Gasteiger partial charge is 0.222 e. The van der Waals surface area contributed by atoms with E-state index in [0.717, 1.165) is 45.6 Å². The number of carbonyl (C=O) groups is 1. The van der Waals surface area contributed by atoms with Gasteiger partial charge in [0.2, 0.25) is 5.91 Å². The van der Waals surface area contributed by atoms with Crippen LogP contribution in [0.3, 0.4) is 0 Å². The lowest BCUT2D eigenvalue weighted by molar-refractivity contribution is -0.130. The number of piperazine rings is 1. The summed E-state index contributed by atoms with van der Waals surface area (Å²) in [6.07, 6.45) is 6.61. The Labute approximate surface area is 162 Å². The molecule has 0 aromatic heterocycles. The number of likely N-dealkylation sites (tertiary alicyclic amines) is 1. The molecule has 3 rings (SSSR count). The molecule has 0 N–H and O–H groups in total. The molecule has 4 nitrogen and oxygen atoms in total. The molecule has 0 saturated carbocycles. The van der Waals surface area contributed by atoms with Crippen molar-refractivity contribution in [1.29, 1.82) is 0 Å². The van der Waals surface area contributed by atoms with E-state index in [1.807, 2.05) is 11.0 Å². The second-order valence-electron chi connectivity index (χ2n) is 7.59.